The number of aryl methyl sites for hydroxylation is 2. The normalized spacial score (nSPS) is 13.1. The van der Waals surface area contributed by atoms with Crippen LogP contribution in [-0.4, -0.2) is 22.9 Å². The Morgan fingerprint density at radius 1 is 1.25 bits per heavy atom. The highest BCUT2D eigenvalue weighted by Crippen LogP contribution is 2.39. The molecule has 28 heavy (non-hydrogen) atoms. The van der Waals surface area contributed by atoms with Gasteiger partial charge in [0.2, 0.25) is 0 Å². The third-order valence-corrected chi connectivity index (χ3v) is 5.81. The van der Waals surface area contributed by atoms with Gasteiger partial charge in [-0.25, -0.2) is 4.79 Å². The van der Waals surface area contributed by atoms with E-state index in [1.807, 2.05) is 0 Å². The van der Waals surface area contributed by atoms with Crippen molar-refractivity contribution in [2.24, 2.45) is 0 Å². The Morgan fingerprint density at radius 3 is 2.61 bits per heavy atom. The van der Waals surface area contributed by atoms with Crippen molar-refractivity contribution in [2.75, 3.05) is 5.32 Å². The molecule has 148 valence electrons. The van der Waals surface area contributed by atoms with Crippen LogP contribution in [-0.2, 0) is 17.6 Å². The molecule has 0 atom stereocenters. The minimum Gasteiger partial charge on any atom is -0.459 e. The first-order chi connectivity index (χ1) is 13.3. The van der Waals surface area contributed by atoms with Crippen LogP contribution < -0.4 is 5.32 Å². The number of benzene rings is 1. The summed E-state index contributed by atoms with van der Waals surface area (Å²) >= 11 is 1.41. The Kier molecular flexibility index (Phi) is 5.79. The smallest absolute Gasteiger partial charge is 0.341 e. The maximum absolute atomic E-state index is 12.7. The van der Waals surface area contributed by atoms with E-state index in [1.165, 1.54) is 29.5 Å². The van der Waals surface area contributed by atoms with E-state index in [9.17, 15) is 19.7 Å². The van der Waals surface area contributed by atoms with Gasteiger partial charge in [-0.15, -0.1) is 11.3 Å². The molecule has 2 aromatic rings. The molecule has 0 aliphatic heterocycles. The maximum Gasteiger partial charge on any atom is 0.341 e. The third kappa shape index (κ3) is 4.06. The van der Waals surface area contributed by atoms with Crippen molar-refractivity contribution in [3.05, 3.63) is 55.4 Å². The van der Waals surface area contributed by atoms with E-state index in [1.54, 1.807) is 20.8 Å². The van der Waals surface area contributed by atoms with Gasteiger partial charge >= 0.3 is 5.97 Å². The quantitative estimate of drug-likeness (QED) is 0.445. The standard InChI is InChI=1S/C20H22N2O5S/c1-11(2)27-20(24)17-14-6-4-5-7-16(14)28-19(17)21-18(23)13-8-9-15(22(25)26)12(3)10-13/h8-11H,4-7H2,1-3H3,(H,21,23). The first-order valence-corrected chi connectivity index (χ1v) is 10.0. The molecule has 8 heteroatoms. The maximum atomic E-state index is 12.7. The SMILES string of the molecule is Cc1cc(C(=O)Nc2sc3c(c2C(=O)OC(C)C)CCCC3)ccc1[N+](=O)[O-]. The van der Waals surface area contributed by atoms with Gasteiger partial charge in [0.25, 0.3) is 11.6 Å². The number of hydrogen-bond acceptors (Lipinski definition) is 6. The van der Waals surface area contributed by atoms with E-state index >= 15 is 0 Å². The number of fused-ring (bicyclic) bond motifs is 1. The number of anilines is 1. The molecule has 1 aliphatic carbocycles. The van der Waals surface area contributed by atoms with Gasteiger partial charge in [0.1, 0.15) is 5.00 Å². The van der Waals surface area contributed by atoms with Gasteiger partial charge in [0.05, 0.1) is 16.6 Å². The predicted molar refractivity (Wildman–Crippen MR) is 107 cm³/mol. The highest BCUT2D eigenvalue weighted by molar-refractivity contribution is 7.17. The summed E-state index contributed by atoms with van der Waals surface area (Å²) in [6, 6.07) is 4.21. The number of nitro benzene ring substituents is 1. The topological polar surface area (TPSA) is 98.5 Å². The summed E-state index contributed by atoms with van der Waals surface area (Å²) in [5, 5.41) is 14.3. The summed E-state index contributed by atoms with van der Waals surface area (Å²) in [6.45, 7) is 5.16. The van der Waals surface area contributed by atoms with Crippen LogP contribution >= 0.6 is 11.3 Å². The lowest BCUT2D eigenvalue weighted by molar-refractivity contribution is -0.385. The Hall–Kier alpha value is -2.74. The molecule has 0 radical (unpaired) electrons. The number of nitrogens with zero attached hydrogens (tertiary/aromatic N) is 1. The zero-order valence-electron chi connectivity index (χ0n) is 16.0. The number of esters is 1. The van der Waals surface area contributed by atoms with Gasteiger partial charge in [0.15, 0.2) is 0 Å². The fourth-order valence-electron chi connectivity index (χ4n) is 3.32. The number of thiophene rings is 1. The van der Waals surface area contributed by atoms with Crippen LogP contribution in [0.1, 0.15) is 63.4 Å². The van der Waals surface area contributed by atoms with Crippen LogP contribution in [0.4, 0.5) is 10.7 Å². The minimum atomic E-state index is -0.482. The molecule has 1 amide bonds. The van der Waals surface area contributed by atoms with E-state index in [2.05, 4.69) is 5.32 Å². The van der Waals surface area contributed by atoms with Crippen LogP contribution in [0.3, 0.4) is 0 Å². The number of amides is 1. The van der Waals surface area contributed by atoms with Gasteiger partial charge in [-0.2, -0.15) is 0 Å². The second kappa shape index (κ2) is 8.10. The van der Waals surface area contributed by atoms with Gasteiger partial charge < -0.3 is 10.1 Å². The van der Waals surface area contributed by atoms with Gasteiger partial charge in [0, 0.05) is 22.1 Å². The van der Waals surface area contributed by atoms with Gasteiger partial charge in [-0.1, -0.05) is 0 Å². The number of hydrogen-bond donors (Lipinski definition) is 1. The van der Waals surface area contributed by atoms with E-state index in [0.29, 0.717) is 21.7 Å². The van der Waals surface area contributed by atoms with Crippen molar-refractivity contribution in [1.82, 2.24) is 0 Å². The summed E-state index contributed by atoms with van der Waals surface area (Å²) in [6.07, 6.45) is 3.48. The first kappa shape index (κ1) is 20.0. The monoisotopic (exact) mass is 402 g/mol. The summed E-state index contributed by atoms with van der Waals surface area (Å²) in [5.74, 6) is -0.834. The Labute approximate surface area is 166 Å². The molecule has 3 rings (SSSR count). The Balaban J connectivity index is 1.92. The number of nitrogens with one attached hydrogen (secondary N) is 1. The molecule has 0 spiro atoms. The van der Waals surface area contributed by atoms with Crippen LogP contribution in [0.15, 0.2) is 18.2 Å². The summed E-state index contributed by atoms with van der Waals surface area (Å²) in [5.41, 5.74) is 2.09. The molecule has 0 fully saturated rings. The molecule has 0 unspecified atom stereocenters. The van der Waals surface area contributed by atoms with Crippen molar-refractivity contribution in [3.63, 3.8) is 0 Å². The number of carbonyl (C=O) groups is 2. The highest BCUT2D eigenvalue weighted by atomic mass is 32.1. The largest absolute Gasteiger partial charge is 0.459 e. The third-order valence-electron chi connectivity index (χ3n) is 4.60. The van der Waals surface area contributed by atoms with E-state index in [4.69, 9.17) is 4.74 Å². The molecule has 1 aromatic carbocycles. The number of rotatable bonds is 5. The van der Waals surface area contributed by atoms with E-state index < -0.39 is 16.8 Å². The van der Waals surface area contributed by atoms with Gasteiger partial charge in [-0.3, -0.25) is 14.9 Å². The van der Waals surface area contributed by atoms with Crippen LogP contribution in [0.5, 0.6) is 0 Å². The number of carbonyl (C=O) groups excluding carboxylic acids is 2. The molecule has 0 saturated heterocycles. The van der Waals surface area contributed by atoms with Gasteiger partial charge in [-0.05, 0) is 64.2 Å². The van der Waals surface area contributed by atoms with Crippen molar-refractivity contribution < 1.29 is 19.2 Å². The predicted octanol–water partition coefficient (Wildman–Crippen LogP) is 4.66. The van der Waals surface area contributed by atoms with Crippen molar-refractivity contribution in [2.45, 2.75) is 52.6 Å². The number of ether oxygens (including phenoxy) is 1. The first-order valence-electron chi connectivity index (χ1n) is 9.19. The fourth-order valence-corrected chi connectivity index (χ4v) is 4.59. The second-order valence-electron chi connectivity index (χ2n) is 7.08. The second-order valence-corrected chi connectivity index (χ2v) is 8.19. The Morgan fingerprint density at radius 2 is 1.96 bits per heavy atom. The lowest BCUT2D eigenvalue weighted by atomic mass is 9.95. The molecular formula is C20H22N2O5S. The van der Waals surface area contributed by atoms with Crippen LogP contribution in [0.2, 0.25) is 0 Å². The van der Waals surface area contributed by atoms with Crippen LogP contribution in [0.25, 0.3) is 0 Å². The molecule has 1 heterocycles. The fraction of sp³-hybridized carbons (Fsp3) is 0.400. The highest BCUT2D eigenvalue weighted by Gasteiger charge is 2.28. The lowest BCUT2D eigenvalue weighted by Crippen LogP contribution is -2.18. The van der Waals surface area contributed by atoms with E-state index in [0.717, 1.165) is 36.1 Å². The summed E-state index contributed by atoms with van der Waals surface area (Å²) < 4.78 is 5.39. The minimum absolute atomic E-state index is 0.0377. The molecule has 0 bridgehead atoms. The summed E-state index contributed by atoms with van der Waals surface area (Å²) in [4.78, 5) is 37.0. The molecule has 1 aromatic heterocycles. The molecular weight excluding hydrogens is 380 g/mol. The van der Waals surface area contributed by atoms with E-state index in [-0.39, 0.29) is 11.8 Å². The zero-order valence-corrected chi connectivity index (χ0v) is 16.9. The molecule has 0 saturated carbocycles. The average molecular weight is 402 g/mol. The Bertz CT molecular complexity index is 948. The van der Waals surface area contributed by atoms with Crippen molar-refractivity contribution in [3.8, 4) is 0 Å². The molecule has 1 aliphatic rings. The average Bonchev–Trinajstić information content (AvgIpc) is 2.98. The number of nitro groups is 1. The zero-order chi connectivity index (χ0) is 20.4. The molecule has 1 N–H and O–H groups in total. The van der Waals surface area contributed by atoms with Crippen molar-refractivity contribution >= 4 is 33.9 Å². The molecule has 7 nitrogen and oxygen atoms in total. The summed E-state index contributed by atoms with van der Waals surface area (Å²) in [7, 11) is 0. The van der Waals surface area contributed by atoms with Crippen molar-refractivity contribution in [1.29, 1.82) is 0 Å². The lowest BCUT2D eigenvalue weighted by Gasteiger charge is -2.14. The van der Waals surface area contributed by atoms with Crippen LogP contribution in [0, 0.1) is 17.0 Å².